The Balaban J connectivity index is 2.66. The van der Waals surface area contributed by atoms with Gasteiger partial charge >= 0.3 is 0 Å². The fourth-order valence-corrected chi connectivity index (χ4v) is 2.12. The molecule has 2 nitrogen and oxygen atoms in total. The summed E-state index contributed by atoms with van der Waals surface area (Å²) in [6.45, 7) is 0.571. The minimum Gasteiger partial charge on any atom is -0.360 e. The van der Waals surface area contributed by atoms with E-state index in [0.717, 1.165) is 27.4 Å². The summed E-state index contributed by atoms with van der Waals surface area (Å²) < 4.78 is 13.9. The molecule has 0 bridgehead atoms. The Morgan fingerprint density at radius 3 is 2.93 bits per heavy atom. The van der Waals surface area contributed by atoms with Crippen LogP contribution in [0.3, 0.4) is 0 Å². The first kappa shape index (κ1) is 9.68. The Morgan fingerprint density at radius 2 is 2.21 bits per heavy atom. The van der Waals surface area contributed by atoms with Crippen molar-refractivity contribution in [2.75, 3.05) is 6.54 Å². The molecule has 0 aliphatic heterocycles. The van der Waals surface area contributed by atoms with Crippen molar-refractivity contribution in [2.24, 2.45) is 5.73 Å². The Kier molecular flexibility index (Phi) is 2.56. The number of hydrogen-bond acceptors (Lipinski definition) is 1. The number of rotatable bonds is 2. The van der Waals surface area contributed by atoms with Gasteiger partial charge in [-0.1, -0.05) is 0 Å². The van der Waals surface area contributed by atoms with Gasteiger partial charge in [0.15, 0.2) is 0 Å². The first-order valence-corrected chi connectivity index (χ1v) is 5.16. The monoisotopic (exact) mass is 256 g/mol. The second kappa shape index (κ2) is 3.71. The minimum absolute atomic E-state index is 0.234. The number of benzene rings is 1. The summed E-state index contributed by atoms with van der Waals surface area (Å²) in [4.78, 5) is 3.10. The standard InChI is InChI=1S/C10H10BrFN2/c11-9-4-7(12)3-8-6(1-2-13)5-14-10(8)9/h3-5,14H,1-2,13H2. The maximum absolute atomic E-state index is 13.1. The second-order valence-electron chi connectivity index (χ2n) is 3.16. The summed E-state index contributed by atoms with van der Waals surface area (Å²) in [7, 11) is 0. The van der Waals surface area contributed by atoms with Crippen LogP contribution >= 0.6 is 15.9 Å². The lowest BCUT2D eigenvalue weighted by Gasteiger charge is -1.98. The van der Waals surface area contributed by atoms with E-state index in [1.54, 1.807) is 0 Å². The molecule has 4 heteroatoms. The van der Waals surface area contributed by atoms with E-state index < -0.39 is 0 Å². The smallest absolute Gasteiger partial charge is 0.125 e. The summed E-state index contributed by atoms with van der Waals surface area (Å²) in [6.07, 6.45) is 2.64. The molecule has 74 valence electrons. The Morgan fingerprint density at radius 1 is 1.43 bits per heavy atom. The van der Waals surface area contributed by atoms with Crippen molar-refractivity contribution in [1.82, 2.24) is 4.98 Å². The van der Waals surface area contributed by atoms with Gasteiger partial charge in [0.2, 0.25) is 0 Å². The fourth-order valence-electron chi connectivity index (χ4n) is 1.57. The van der Waals surface area contributed by atoms with Gasteiger partial charge in [-0.15, -0.1) is 0 Å². The first-order chi connectivity index (χ1) is 6.72. The molecule has 0 unspecified atom stereocenters. The molecule has 0 spiro atoms. The summed E-state index contributed by atoms with van der Waals surface area (Å²) in [6, 6.07) is 2.98. The first-order valence-electron chi connectivity index (χ1n) is 4.37. The third-order valence-electron chi connectivity index (χ3n) is 2.21. The minimum atomic E-state index is -0.234. The molecule has 3 N–H and O–H groups in total. The van der Waals surface area contributed by atoms with Crippen LogP contribution < -0.4 is 5.73 Å². The molecule has 0 radical (unpaired) electrons. The number of hydrogen-bond donors (Lipinski definition) is 2. The number of fused-ring (bicyclic) bond motifs is 1. The topological polar surface area (TPSA) is 41.8 Å². The van der Waals surface area contributed by atoms with Crippen LogP contribution in [-0.4, -0.2) is 11.5 Å². The van der Waals surface area contributed by atoms with E-state index in [4.69, 9.17) is 5.73 Å². The third kappa shape index (κ3) is 1.55. The number of aromatic amines is 1. The van der Waals surface area contributed by atoms with E-state index in [2.05, 4.69) is 20.9 Å². The summed E-state index contributed by atoms with van der Waals surface area (Å²) in [5.74, 6) is -0.234. The highest BCUT2D eigenvalue weighted by Crippen LogP contribution is 2.27. The molecule has 2 aromatic rings. The number of aromatic nitrogens is 1. The summed E-state index contributed by atoms with van der Waals surface area (Å²) >= 11 is 3.31. The van der Waals surface area contributed by atoms with Crippen molar-refractivity contribution >= 4 is 26.8 Å². The van der Waals surface area contributed by atoms with Gasteiger partial charge in [0.25, 0.3) is 0 Å². The molecule has 0 aliphatic rings. The molecule has 0 atom stereocenters. The quantitative estimate of drug-likeness (QED) is 0.853. The normalized spacial score (nSPS) is 11.1. The van der Waals surface area contributed by atoms with Crippen LogP contribution in [0, 0.1) is 5.82 Å². The van der Waals surface area contributed by atoms with Crippen LogP contribution in [0.1, 0.15) is 5.56 Å². The van der Waals surface area contributed by atoms with Gasteiger partial charge in [-0.05, 0) is 46.6 Å². The van der Waals surface area contributed by atoms with Gasteiger partial charge in [-0.25, -0.2) is 4.39 Å². The van der Waals surface area contributed by atoms with Gasteiger partial charge < -0.3 is 10.7 Å². The highest BCUT2D eigenvalue weighted by Gasteiger charge is 2.07. The molecular weight excluding hydrogens is 247 g/mol. The predicted octanol–water partition coefficient (Wildman–Crippen LogP) is 2.57. The highest BCUT2D eigenvalue weighted by molar-refractivity contribution is 9.10. The molecule has 1 aromatic heterocycles. The molecular formula is C10H10BrFN2. The molecule has 0 saturated heterocycles. The molecule has 0 amide bonds. The summed E-state index contributed by atoms with van der Waals surface area (Å²) in [5, 5.41) is 0.905. The molecule has 0 saturated carbocycles. The van der Waals surface area contributed by atoms with E-state index in [1.165, 1.54) is 12.1 Å². The lowest BCUT2D eigenvalue weighted by Crippen LogP contribution is -2.01. The van der Waals surface area contributed by atoms with Crippen LogP contribution in [0.25, 0.3) is 10.9 Å². The number of nitrogens with two attached hydrogens (primary N) is 1. The average molecular weight is 257 g/mol. The van der Waals surface area contributed by atoms with E-state index in [1.807, 2.05) is 6.20 Å². The van der Waals surface area contributed by atoms with Gasteiger partial charge in [-0.3, -0.25) is 0 Å². The lowest BCUT2D eigenvalue weighted by molar-refractivity contribution is 0.629. The van der Waals surface area contributed by atoms with Crippen LogP contribution in [0.5, 0.6) is 0 Å². The predicted molar refractivity (Wildman–Crippen MR) is 58.7 cm³/mol. The Bertz CT molecular complexity index is 464. The zero-order valence-electron chi connectivity index (χ0n) is 7.48. The molecule has 2 rings (SSSR count). The van der Waals surface area contributed by atoms with E-state index in [-0.39, 0.29) is 5.82 Å². The maximum Gasteiger partial charge on any atom is 0.125 e. The van der Waals surface area contributed by atoms with Crippen LogP contribution in [0.4, 0.5) is 4.39 Å². The number of nitrogens with one attached hydrogen (secondary N) is 1. The molecule has 1 heterocycles. The van der Waals surface area contributed by atoms with Crippen molar-refractivity contribution < 1.29 is 4.39 Å². The van der Waals surface area contributed by atoms with Gasteiger partial charge in [0.05, 0.1) is 5.52 Å². The SMILES string of the molecule is NCCc1c[nH]c2c(Br)cc(F)cc12. The molecule has 1 aromatic carbocycles. The molecule has 0 aliphatic carbocycles. The fraction of sp³-hybridized carbons (Fsp3) is 0.200. The van der Waals surface area contributed by atoms with Crippen molar-refractivity contribution in [3.8, 4) is 0 Å². The van der Waals surface area contributed by atoms with E-state index in [9.17, 15) is 4.39 Å². The van der Waals surface area contributed by atoms with Gasteiger partial charge in [0, 0.05) is 16.1 Å². The third-order valence-corrected chi connectivity index (χ3v) is 2.83. The second-order valence-corrected chi connectivity index (χ2v) is 4.02. The van der Waals surface area contributed by atoms with Gasteiger partial charge in [-0.2, -0.15) is 0 Å². The number of H-pyrrole nitrogens is 1. The van der Waals surface area contributed by atoms with E-state index in [0.29, 0.717) is 6.54 Å². The van der Waals surface area contributed by atoms with Crippen molar-refractivity contribution in [1.29, 1.82) is 0 Å². The van der Waals surface area contributed by atoms with Crippen LogP contribution in [0.15, 0.2) is 22.8 Å². The zero-order valence-corrected chi connectivity index (χ0v) is 9.07. The molecule has 14 heavy (non-hydrogen) atoms. The average Bonchev–Trinajstić information content (AvgIpc) is 2.49. The van der Waals surface area contributed by atoms with Crippen LogP contribution in [0.2, 0.25) is 0 Å². The zero-order chi connectivity index (χ0) is 10.1. The van der Waals surface area contributed by atoms with E-state index >= 15 is 0 Å². The number of halogens is 2. The van der Waals surface area contributed by atoms with Crippen LogP contribution in [-0.2, 0) is 6.42 Å². The van der Waals surface area contributed by atoms with Crippen molar-refractivity contribution in [3.63, 3.8) is 0 Å². The maximum atomic E-state index is 13.1. The van der Waals surface area contributed by atoms with Crippen molar-refractivity contribution in [3.05, 3.63) is 34.2 Å². The molecule has 0 fully saturated rings. The Hall–Kier alpha value is -0.870. The summed E-state index contributed by atoms with van der Waals surface area (Å²) in [5.41, 5.74) is 7.45. The lowest BCUT2D eigenvalue weighted by atomic mass is 10.1. The Labute approximate surface area is 89.4 Å². The highest BCUT2D eigenvalue weighted by atomic mass is 79.9. The van der Waals surface area contributed by atoms with Crippen molar-refractivity contribution in [2.45, 2.75) is 6.42 Å². The largest absolute Gasteiger partial charge is 0.360 e. The van der Waals surface area contributed by atoms with Gasteiger partial charge in [0.1, 0.15) is 5.82 Å².